The summed E-state index contributed by atoms with van der Waals surface area (Å²) in [6.07, 6.45) is 0.288. The van der Waals surface area contributed by atoms with Gasteiger partial charge in [0.1, 0.15) is 12.4 Å². The molecule has 0 radical (unpaired) electrons. The third kappa shape index (κ3) is 5.41. The molecule has 25 heavy (non-hydrogen) atoms. The van der Waals surface area contributed by atoms with Crippen molar-refractivity contribution < 1.29 is 19.0 Å². The van der Waals surface area contributed by atoms with Gasteiger partial charge in [-0.3, -0.25) is 4.79 Å². The molecule has 0 saturated carbocycles. The van der Waals surface area contributed by atoms with Crippen LogP contribution in [0.4, 0.5) is 0 Å². The minimum Gasteiger partial charge on any atom is -0.493 e. The number of rotatable bonds is 9. The van der Waals surface area contributed by atoms with Crippen LogP contribution >= 0.6 is 0 Å². The van der Waals surface area contributed by atoms with Crippen molar-refractivity contribution in [1.29, 1.82) is 0 Å². The fourth-order valence-corrected chi connectivity index (χ4v) is 2.37. The number of hydrogen-bond donors (Lipinski definition) is 1. The van der Waals surface area contributed by atoms with Crippen molar-refractivity contribution in [2.24, 2.45) is 0 Å². The van der Waals surface area contributed by atoms with Gasteiger partial charge in [0.15, 0.2) is 17.6 Å². The number of benzene rings is 2. The molecule has 0 aliphatic rings. The van der Waals surface area contributed by atoms with Gasteiger partial charge in [0.25, 0.3) is 5.91 Å². The summed E-state index contributed by atoms with van der Waals surface area (Å²) in [6, 6.07) is 15.2. The van der Waals surface area contributed by atoms with Gasteiger partial charge < -0.3 is 19.5 Å². The number of nitrogens with one attached hydrogen (secondary N) is 1. The first-order valence-electron chi connectivity index (χ1n) is 8.43. The fraction of sp³-hybridized carbons (Fsp3) is 0.350. The topological polar surface area (TPSA) is 56.8 Å². The second kappa shape index (κ2) is 9.57. The zero-order chi connectivity index (χ0) is 18.1. The summed E-state index contributed by atoms with van der Waals surface area (Å²) >= 11 is 0. The molecule has 0 aromatic heterocycles. The first-order chi connectivity index (χ1) is 12.2. The molecule has 0 saturated heterocycles. The van der Waals surface area contributed by atoms with E-state index in [-0.39, 0.29) is 5.91 Å². The highest BCUT2D eigenvalue weighted by Crippen LogP contribution is 2.25. The highest BCUT2D eigenvalue weighted by Gasteiger charge is 2.15. The van der Waals surface area contributed by atoms with Crippen LogP contribution in [0.5, 0.6) is 17.2 Å². The molecular weight excluding hydrogens is 318 g/mol. The molecule has 0 fully saturated rings. The van der Waals surface area contributed by atoms with E-state index in [1.807, 2.05) is 48.5 Å². The average molecular weight is 343 g/mol. The van der Waals surface area contributed by atoms with Crippen LogP contribution in [0.25, 0.3) is 0 Å². The standard InChI is InChI=1S/C20H25NO4/c1-4-16-9-5-6-10-17(16)25-15(2)20(22)21-13-14-24-19-12-8-7-11-18(19)23-3/h5-12,15H,4,13-14H2,1-3H3,(H,21,22). The molecule has 0 aliphatic carbocycles. The summed E-state index contributed by atoms with van der Waals surface area (Å²) in [7, 11) is 1.59. The largest absolute Gasteiger partial charge is 0.493 e. The van der Waals surface area contributed by atoms with E-state index in [2.05, 4.69) is 12.2 Å². The molecule has 2 rings (SSSR count). The molecule has 5 heteroatoms. The molecule has 0 heterocycles. The van der Waals surface area contributed by atoms with Crippen molar-refractivity contribution in [1.82, 2.24) is 5.32 Å². The van der Waals surface area contributed by atoms with E-state index in [1.165, 1.54) is 0 Å². The second-order valence-corrected chi connectivity index (χ2v) is 5.51. The molecule has 1 N–H and O–H groups in total. The summed E-state index contributed by atoms with van der Waals surface area (Å²) in [6.45, 7) is 4.54. The summed E-state index contributed by atoms with van der Waals surface area (Å²) in [4.78, 5) is 12.2. The predicted octanol–water partition coefficient (Wildman–Crippen LogP) is 3.22. The zero-order valence-electron chi connectivity index (χ0n) is 15.0. The van der Waals surface area contributed by atoms with Gasteiger partial charge in [-0.15, -0.1) is 0 Å². The minimum atomic E-state index is -0.570. The molecule has 0 spiro atoms. The van der Waals surface area contributed by atoms with E-state index in [1.54, 1.807) is 14.0 Å². The van der Waals surface area contributed by atoms with E-state index in [9.17, 15) is 4.79 Å². The molecule has 2 aromatic carbocycles. The van der Waals surface area contributed by atoms with E-state index in [4.69, 9.17) is 14.2 Å². The van der Waals surface area contributed by atoms with Gasteiger partial charge in [-0.05, 0) is 37.1 Å². The number of carbonyl (C=O) groups is 1. The van der Waals surface area contributed by atoms with Crippen LogP contribution in [0.2, 0.25) is 0 Å². The third-order valence-electron chi connectivity index (χ3n) is 3.75. The molecule has 5 nitrogen and oxygen atoms in total. The summed E-state index contributed by atoms with van der Waals surface area (Å²) < 4.78 is 16.6. The Balaban J connectivity index is 1.78. The summed E-state index contributed by atoms with van der Waals surface area (Å²) in [5.74, 6) is 1.90. The first-order valence-corrected chi connectivity index (χ1v) is 8.43. The second-order valence-electron chi connectivity index (χ2n) is 5.51. The lowest BCUT2D eigenvalue weighted by atomic mass is 10.1. The average Bonchev–Trinajstić information content (AvgIpc) is 2.65. The zero-order valence-corrected chi connectivity index (χ0v) is 15.0. The van der Waals surface area contributed by atoms with Gasteiger partial charge in [-0.2, -0.15) is 0 Å². The Morgan fingerprint density at radius 3 is 2.36 bits per heavy atom. The number of aryl methyl sites for hydroxylation is 1. The molecule has 0 bridgehead atoms. The predicted molar refractivity (Wildman–Crippen MR) is 97.4 cm³/mol. The summed E-state index contributed by atoms with van der Waals surface area (Å²) in [5, 5.41) is 2.82. The van der Waals surface area contributed by atoms with Crippen LogP contribution in [-0.2, 0) is 11.2 Å². The maximum Gasteiger partial charge on any atom is 0.260 e. The van der Waals surface area contributed by atoms with Gasteiger partial charge in [-0.25, -0.2) is 0 Å². The van der Waals surface area contributed by atoms with Crippen LogP contribution in [0.15, 0.2) is 48.5 Å². The fourth-order valence-electron chi connectivity index (χ4n) is 2.37. The Morgan fingerprint density at radius 2 is 1.68 bits per heavy atom. The van der Waals surface area contributed by atoms with Crippen LogP contribution in [0, 0.1) is 0 Å². The lowest BCUT2D eigenvalue weighted by Crippen LogP contribution is -2.38. The number of ether oxygens (including phenoxy) is 3. The Bertz CT molecular complexity index is 687. The smallest absolute Gasteiger partial charge is 0.260 e. The Morgan fingerprint density at radius 1 is 1.04 bits per heavy atom. The first kappa shape index (κ1) is 18.6. The Labute approximate surface area is 148 Å². The van der Waals surface area contributed by atoms with Crippen molar-refractivity contribution >= 4 is 5.91 Å². The molecule has 0 aliphatic heterocycles. The van der Waals surface area contributed by atoms with Gasteiger partial charge in [0.05, 0.1) is 13.7 Å². The van der Waals surface area contributed by atoms with Crippen molar-refractivity contribution in [3.8, 4) is 17.2 Å². The van der Waals surface area contributed by atoms with Crippen molar-refractivity contribution in [3.63, 3.8) is 0 Å². The highest BCUT2D eigenvalue weighted by atomic mass is 16.5. The van der Waals surface area contributed by atoms with E-state index in [0.29, 0.717) is 24.7 Å². The number of methoxy groups -OCH3 is 1. The van der Waals surface area contributed by atoms with Crippen LogP contribution in [-0.4, -0.2) is 32.3 Å². The van der Waals surface area contributed by atoms with Crippen molar-refractivity contribution in [2.75, 3.05) is 20.3 Å². The van der Waals surface area contributed by atoms with Gasteiger partial charge in [0.2, 0.25) is 0 Å². The normalized spacial score (nSPS) is 11.5. The number of para-hydroxylation sites is 3. The van der Waals surface area contributed by atoms with Crippen LogP contribution < -0.4 is 19.5 Å². The highest BCUT2D eigenvalue weighted by molar-refractivity contribution is 5.80. The maximum atomic E-state index is 12.2. The minimum absolute atomic E-state index is 0.172. The van der Waals surface area contributed by atoms with E-state index in [0.717, 1.165) is 17.7 Å². The maximum absolute atomic E-state index is 12.2. The van der Waals surface area contributed by atoms with Crippen molar-refractivity contribution in [3.05, 3.63) is 54.1 Å². The van der Waals surface area contributed by atoms with Gasteiger partial charge >= 0.3 is 0 Å². The Kier molecular flexibility index (Phi) is 7.14. The number of carbonyl (C=O) groups excluding carboxylic acids is 1. The van der Waals surface area contributed by atoms with E-state index < -0.39 is 6.10 Å². The van der Waals surface area contributed by atoms with Crippen molar-refractivity contribution in [2.45, 2.75) is 26.4 Å². The SMILES string of the molecule is CCc1ccccc1OC(C)C(=O)NCCOc1ccccc1OC. The summed E-state index contributed by atoms with van der Waals surface area (Å²) in [5.41, 5.74) is 1.08. The number of amides is 1. The molecule has 1 amide bonds. The molecule has 134 valence electrons. The number of hydrogen-bond acceptors (Lipinski definition) is 4. The molecule has 1 atom stereocenters. The van der Waals surface area contributed by atoms with Gasteiger partial charge in [-0.1, -0.05) is 37.3 Å². The quantitative estimate of drug-likeness (QED) is 0.710. The molecule has 2 aromatic rings. The molecular formula is C20H25NO4. The third-order valence-corrected chi connectivity index (χ3v) is 3.75. The monoisotopic (exact) mass is 343 g/mol. The lowest BCUT2D eigenvalue weighted by molar-refractivity contribution is -0.127. The van der Waals surface area contributed by atoms with E-state index >= 15 is 0 Å². The van der Waals surface area contributed by atoms with Crippen LogP contribution in [0.1, 0.15) is 19.4 Å². The Hall–Kier alpha value is -2.69. The molecule has 1 unspecified atom stereocenters. The van der Waals surface area contributed by atoms with Gasteiger partial charge in [0, 0.05) is 0 Å². The lowest BCUT2D eigenvalue weighted by Gasteiger charge is -2.17. The van der Waals surface area contributed by atoms with Crippen LogP contribution in [0.3, 0.4) is 0 Å².